The second kappa shape index (κ2) is 6.65. The highest BCUT2D eigenvalue weighted by molar-refractivity contribution is 6.05. The molecule has 0 atom stereocenters. The Kier molecular flexibility index (Phi) is 4.03. The molecule has 1 amide bonds. The van der Waals surface area contributed by atoms with Gasteiger partial charge in [0.1, 0.15) is 17.5 Å². The average Bonchev–Trinajstić information content (AvgIpc) is 3.11. The summed E-state index contributed by atoms with van der Waals surface area (Å²) >= 11 is 0. The number of H-pyrrole nitrogens is 1. The number of aromatic amines is 1. The van der Waals surface area contributed by atoms with Crippen molar-refractivity contribution in [2.75, 3.05) is 5.32 Å². The number of hydrogen-bond acceptors (Lipinski definition) is 6. The number of benzene rings is 1. The van der Waals surface area contributed by atoms with Crippen molar-refractivity contribution in [3.8, 4) is 17.3 Å². The van der Waals surface area contributed by atoms with Gasteiger partial charge in [0.05, 0.1) is 23.5 Å². The summed E-state index contributed by atoms with van der Waals surface area (Å²) in [5.74, 6) is -0.341. The first kappa shape index (κ1) is 16.4. The van der Waals surface area contributed by atoms with E-state index in [0.29, 0.717) is 16.8 Å². The largest absolute Gasteiger partial charge is 0.321 e. The molecule has 0 aliphatic heterocycles. The molecule has 0 fully saturated rings. The lowest BCUT2D eigenvalue weighted by Crippen LogP contribution is -2.15. The van der Waals surface area contributed by atoms with Crippen LogP contribution in [-0.4, -0.2) is 31.3 Å². The summed E-state index contributed by atoms with van der Waals surface area (Å²) in [6, 6.07) is 10.9. The summed E-state index contributed by atoms with van der Waals surface area (Å²) in [5, 5.41) is 27.6. The van der Waals surface area contributed by atoms with Crippen molar-refractivity contribution in [2.45, 2.75) is 6.92 Å². The Bertz CT molecular complexity index is 1190. The number of nitrogens with one attached hydrogen (secondary N) is 2. The number of carbonyl (C=O) groups is 1. The summed E-state index contributed by atoms with van der Waals surface area (Å²) in [6.07, 6.45) is 4.61. The zero-order valence-corrected chi connectivity index (χ0v) is 14.3. The van der Waals surface area contributed by atoms with Crippen LogP contribution in [0.15, 0.2) is 48.9 Å². The third kappa shape index (κ3) is 3.09. The van der Waals surface area contributed by atoms with Crippen molar-refractivity contribution in [3.63, 3.8) is 0 Å². The van der Waals surface area contributed by atoms with Crippen molar-refractivity contribution in [2.24, 2.45) is 0 Å². The SMILES string of the molecule is Cc1cc(C#N)cnc1C(=O)Nc1ccc2[nH]nc(-c3ccnnc3)c2c1. The van der Waals surface area contributed by atoms with Crippen molar-refractivity contribution < 1.29 is 4.79 Å². The number of amides is 1. The predicted octanol–water partition coefficient (Wildman–Crippen LogP) is 2.85. The average molecular weight is 355 g/mol. The maximum Gasteiger partial charge on any atom is 0.274 e. The van der Waals surface area contributed by atoms with Crippen LogP contribution in [0.2, 0.25) is 0 Å². The first-order chi connectivity index (χ1) is 13.2. The summed E-state index contributed by atoms with van der Waals surface area (Å²) in [6.45, 7) is 1.75. The third-order valence-corrected chi connectivity index (χ3v) is 4.10. The molecule has 4 aromatic rings. The van der Waals surface area contributed by atoms with Gasteiger partial charge < -0.3 is 5.32 Å². The van der Waals surface area contributed by atoms with Crippen molar-refractivity contribution in [1.82, 2.24) is 25.4 Å². The van der Waals surface area contributed by atoms with Gasteiger partial charge >= 0.3 is 0 Å². The number of nitrogens with zero attached hydrogens (tertiary/aromatic N) is 5. The Morgan fingerprint density at radius 2 is 2.07 bits per heavy atom. The number of pyridine rings is 1. The molecule has 0 saturated heterocycles. The molecule has 1 aromatic carbocycles. The molecule has 8 heteroatoms. The van der Waals surface area contributed by atoms with Gasteiger partial charge in [-0.3, -0.25) is 9.89 Å². The molecular weight excluding hydrogens is 342 g/mol. The smallest absolute Gasteiger partial charge is 0.274 e. The number of hydrogen-bond donors (Lipinski definition) is 2. The molecule has 0 aliphatic carbocycles. The lowest BCUT2D eigenvalue weighted by atomic mass is 10.1. The molecule has 0 spiro atoms. The Morgan fingerprint density at radius 1 is 1.19 bits per heavy atom. The summed E-state index contributed by atoms with van der Waals surface area (Å²) in [7, 11) is 0. The molecule has 3 aromatic heterocycles. The number of anilines is 1. The van der Waals surface area contributed by atoms with E-state index in [1.165, 1.54) is 6.20 Å². The molecule has 27 heavy (non-hydrogen) atoms. The molecular formula is C19H13N7O. The van der Waals surface area contributed by atoms with Crippen molar-refractivity contribution in [3.05, 3.63) is 65.7 Å². The van der Waals surface area contributed by atoms with E-state index >= 15 is 0 Å². The van der Waals surface area contributed by atoms with E-state index in [2.05, 4.69) is 30.7 Å². The monoisotopic (exact) mass is 355 g/mol. The fraction of sp³-hybridized carbons (Fsp3) is 0.0526. The number of fused-ring (bicyclic) bond motifs is 1. The van der Waals surface area contributed by atoms with E-state index in [9.17, 15) is 4.79 Å². The van der Waals surface area contributed by atoms with E-state index < -0.39 is 0 Å². The molecule has 4 rings (SSSR count). The third-order valence-electron chi connectivity index (χ3n) is 4.10. The van der Waals surface area contributed by atoms with Crippen LogP contribution in [-0.2, 0) is 0 Å². The fourth-order valence-electron chi connectivity index (χ4n) is 2.81. The van der Waals surface area contributed by atoms with Gasteiger partial charge in [0.15, 0.2) is 0 Å². The van der Waals surface area contributed by atoms with Crippen LogP contribution >= 0.6 is 0 Å². The number of nitriles is 1. The molecule has 0 aliphatic rings. The molecule has 0 saturated carbocycles. The number of aryl methyl sites for hydroxylation is 1. The van der Waals surface area contributed by atoms with Crippen LogP contribution in [0.1, 0.15) is 21.6 Å². The first-order valence-corrected chi connectivity index (χ1v) is 8.09. The fourth-order valence-corrected chi connectivity index (χ4v) is 2.81. The molecule has 3 heterocycles. The minimum Gasteiger partial charge on any atom is -0.321 e. The number of aromatic nitrogens is 5. The van der Waals surface area contributed by atoms with E-state index in [1.807, 2.05) is 24.3 Å². The zero-order valence-electron chi connectivity index (χ0n) is 14.3. The van der Waals surface area contributed by atoms with Gasteiger partial charge in [-0.2, -0.15) is 20.6 Å². The van der Waals surface area contributed by atoms with Crippen LogP contribution in [0.4, 0.5) is 5.69 Å². The first-order valence-electron chi connectivity index (χ1n) is 8.09. The molecule has 0 bridgehead atoms. The van der Waals surface area contributed by atoms with E-state index in [1.54, 1.807) is 31.5 Å². The van der Waals surface area contributed by atoms with Gasteiger partial charge in [-0.25, -0.2) is 4.98 Å². The summed E-state index contributed by atoms with van der Waals surface area (Å²) in [5.41, 5.74) is 4.34. The van der Waals surface area contributed by atoms with Gasteiger partial charge in [-0.1, -0.05) is 0 Å². The summed E-state index contributed by atoms with van der Waals surface area (Å²) in [4.78, 5) is 16.7. The van der Waals surface area contributed by atoms with Gasteiger partial charge in [0.25, 0.3) is 5.91 Å². The lowest BCUT2D eigenvalue weighted by molar-refractivity contribution is 0.102. The highest BCUT2D eigenvalue weighted by Crippen LogP contribution is 2.28. The lowest BCUT2D eigenvalue weighted by Gasteiger charge is -2.07. The van der Waals surface area contributed by atoms with Crippen LogP contribution in [0.5, 0.6) is 0 Å². The van der Waals surface area contributed by atoms with Crippen LogP contribution in [0.3, 0.4) is 0 Å². The quantitative estimate of drug-likeness (QED) is 0.583. The van der Waals surface area contributed by atoms with Gasteiger partial charge in [0.2, 0.25) is 0 Å². The van der Waals surface area contributed by atoms with Gasteiger partial charge in [-0.15, -0.1) is 0 Å². The second-order valence-electron chi connectivity index (χ2n) is 5.92. The predicted molar refractivity (Wildman–Crippen MR) is 98.8 cm³/mol. The van der Waals surface area contributed by atoms with Crippen LogP contribution in [0, 0.1) is 18.3 Å². The Labute approximate surface area is 153 Å². The van der Waals surface area contributed by atoms with Crippen molar-refractivity contribution >= 4 is 22.5 Å². The maximum absolute atomic E-state index is 12.6. The topological polar surface area (TPSA) is 120 Å². The van der Waals surface area contributed by atoms with Crippen LogP contribution in [0.25, 0.3) is 22.2 Å². The number of carbonyl (C=O) groups excluding carboxylic acids is 1. The number of rotatable bonds is 3. The minimum atomic E-state index is -0.341. The van der Waals surface area contributed by atoms with E-state index in [-0.39, 0.29) is 11.6 Å². The summed E-state index contributed by atoms with van der Waals surface area (Å²) < 4.78 is 0. The minimum absolute atomic E-state index is 0.278. The highest BCUT2D eigenvalue weighted by atomic mass is 16.1. The Balaban J connectivity index is 1.67. The Morgan fingerprint density at radius 3 is 2.81 bits per heavy atom. The highest BCUT2D eigenvalue weighted by Gasteiger charge is 2.14. The van der Waals surface area contributed by atoms with E-state index in [4.69, 9.17) is 5.26 Å². The van der Waals surface area contributed by atoms with Gasteiger partial charge in [-0.05, 0) is 42.8 Å². The van der Waals surface area contributed by atoms with Crippen molar-refractivity contribution in [1.29, 1.82) is 5.26 Å². The standard InChI is InChI=1S/C19H13N7O/c1-11-6-12(8-20)9-21-17(11)19(27)24-14-2-3-16-15(7-14)18(26-25-16)13-4-5-22-23-10-13/h2-7,9-10H,1H3,(H,24,27)(H,25,26). The molecule has 2 N–H and O–H groups in total. The molecule has 130 valence electrons. The second-order valence-corrected chi connectivity index (χ2v) is 5.92. The van der Waals surface area contributed by atoms with Gasteiger partial charge in [0, 0.05) is 22.8 Å². The van der Waals surface area contributed by atoms with E-state index in [0.717, 1.165) is 22.2 Å². The van der Waals surface area contributed by atoms with Crippen LogP contribution < -0.4 is 5.32 Å². The normalized spacial score (nSPS) is 10.5. The molecule has 0 unspecified atom stereocenters. The molecule has 0 radical (unpaired) electrons. The maximum atomic E-state index is 12.6. The Hall–Kier alpha value is -4.12. The molecule has 8 nitrogen and oxygen atoms in total. The zero-order chi connectivity index (χ0) is 18.8.